The van der Waals surface area contributed by atoms with Gasteiger partial charge in [-0.15, -0.1) is 0 Å². The van der Waals surface area contributed by atoms with Gasteiger partial charge in [0.15, 0.2) is 11.5 Å². The Morgan fingerprint density at radius 3 is 2.87 bits per heavy atom. The highest BCUT2D eigenvalue weighted by Gasteiger charge is 2.13. The monoisotopic (exact) mass is 438 g/mol. The summed E-state index contributed by atoms with van der Waals surface area (Å²) in [5.74, 6) is 1.58. The molecule has 0 radical (unpaired) electrons. The van der Waals surface area contributed by atoms with E-state index in [1.165, 1.54) is 0 Å². The quantitative estimate of drug-likeness (QED) is 0.470. The molecule has 1 N–H and O–H groups in total. The zero-order chi connectivity index (χ0) is 15.8. The molecule has 0 spiro atoms. The summed E-state index contributed by atoms with van der Waals surface area (Å²) in [4.78, 5) is 4.37. The Bertz CT molecular complexity index is 901. The fourth-order valence-corrected chi connectivity index (χ4v) is 3.25. The largest absolute Gasteiger partial charge is 0.454 e. The number of hydrogen-bond donors (Lipinski definition) is 1. The fourth-order valence-electron chi connectivity index (χ4n) is 2.56. The molecule has 0 saturated carbocycles. The van der Waals surface area contributed by atoms with Crippen molar-refractivity contribution >= 4 is 50.8 Å². The SMILES string of the molecule is Clc1cc(NCc2ccc3c(c2)OCO3)c2cc(I)ccc2n1. The number of nitrogens with zero attached hydrogens (tertiary/aromatic N) is 1. The zero-order valence-corrected chi connectivity index (χ0v) is 14.9. The Kier molecular flexibility index (Phi) is 3.90. The average molecular weight is 439 g/mol. The van der Waals surface area contributed by atoms with Gasteiger partial charge < -0.3 is 14.8 Å². The molecule has 2 aromatic carbocycles. The number of hydrogen-bond acceptors (Lipinski definition) is 4. The molecule has 23 heavy (non-hydrogen) atoms. The normalized spacial score (nSPS) is 12.6. The molecule has 0 atom stereocenters. The van der Waals surface area contributed by atoms with Crippen LogP contribution < -0.4 is 14.8 Å². The second-order valence-electron chi connectivity index (χ2n) is 5.20. The van der Waals surface area contributed by atoms with E-state index >= 15 is 0 Å². The van der Waals surface area contributed by atoms with E-state index in [0.29, 0.717) is 11.7 Å². The molecule has 4 nitrogen and oxygen atoms in total. The molecule has 0 saturated heterocycles. The summed E-state index contributed by atoms with van der Waals surface area (Å²) in [5, 5.41) is 4.98. The van der Waals surface area contributed by atoms with Crippen molar-refractivity contribution < 1.29 is 9.47 Å². The average Bonchev–Trinajstić information content (AvgIpc) is 3.00. The Morgan fingerprint density at radius 2 is 1.96 bits per heavy atom. The molecule has 0 bridgehead atoms. The summed E-state index contributed by atoms with van der Waals surface area (Å²) in [7, 11) is 0. The Hall–Kier alpha value is -1.73. The van der Waals surface area contributed by atoms with Crippen LogP contribution in [-0.2, 0) is 6.54 Å². The van der Waals surface area contributed by atoms with E-state index in [4.69, 9.17) is 21.1 Å². The van der Waals surface area contributed by atoms with Crippen molar-refractivity contribution in [2.24, 2.45) is 0 Å². The number of halogens is 2. The summed E-state index contributed by atoms with van der Waals surface area (Å²) < 4.78 is 11.9. The van der Waals surface area contributed by atoms with Gasteiger partial charge in [0.25, 0.3) is 0 Å². The molecule has 1 aliphatic rings. The van der Waals surface area contributed by atoms with Gasteiger partial charge in [-0.2, -0.15) is 0 Å². The molecule has 2 heterocycles. The lowest BCUT2D eigenvalue weighted by atomic mass is 10.1. The minimum Gasteiger partial charge on any atom is -0.454 e. The number of rotatable bonds is 3. The number of pyridine rings is 1. The summed E-state index contributed by atoms with van der Waals surface area (Å²) in [6.07, 6.45) is 0. The second-order valence-corrected chi connectivity index (χ2v) is 6.83. The molecule has 0 aliphatic carbocycles. The molecular formula is C17H12ClIN2O2. The van der Waals surface area contributed by atoms with Crippen LogP contribution in [0.25, 0.3) is 10.9 Å². The first-order chi connectivity index (χ1) is 11.2. The molecular weight excluding hydrogens is 427 g/mol. The maximum atomic E-state index is 6.13. The molecule has 0 amide bonds. The summed E-state index contributed by atoms with van der Waals surface area (Å²) in [6.45, 7) is 0.951. The van der Waals surface area contributed by atoms with Crippen molar-refractivity contribution in [1.82, 2.24) is 4.98 Å². The van der Waals surface area contributed by atoms with Crippen molar-refractivity contribution in [2.75, 3.05) is 12.1 Å². The van der Waals surface area contributed by atoms with Crippen LogP contribution in [0.15, 0.2) is 42.5 Å². The van der Waals surface area contributed by atoms with Crippen LogP contribution in [-0.4, -0.2) is 11.8 Å². The van der Waals surface area contributed by atoms with E-state index in [2.05, 4.69) is 39.0 Å². The van der Waals surface area contributed by atoms with Crippen molar-refractivity contribution in [3.05, 3.63) is 56.8 Å². The predicted octanol–water partition coefficient (Wildman–Crippen LogP) is 4.83. The van der Waals surface area contributed by atoms with Crippen molar-refractivity contribution in [3.63, 3.8) is 0 Å². The molecule has 1 aromatic heterocycles. The van der Waals surface area contributed by atoms with Crippen LogP contribution in [0.5, 0.6) is 11.5 Å². The molecule has 3 aromatic rings. The predicted molar refractivity (Wildman–Crippen MR) is 99.4 cm³/mol. The standard InChI is InChI=1S/C17H12ClIN2O2/c18-17-7-14(12-6-11(19)2-3-13(12)21-17)20-8-10-1-4-15-16(5-10)23-9-22-15/h1-7H,8-9H2,(H,20,21). The smallest absolute Gasteiger partial charge is 0.231 e. The Labute approximate surface area is 151 Å². The number of ether oxygens (including phenoxy) is 2. The van der Waals surface area contributed by atoms with Crippen LogP contribution in [0, 0.1) is 3.57 Å². The fraction of sp³-hybridized carbons (Fsp3) is 0.118. The minimum absolute atomic E-state index is 0.287. The van der Waals surface area contributed by atoms with E-state index < -0.39 is 0 Å². The highest BCUT2D eigenvalue weighted by Crippen LogP contribution is 2.33. The van der Waals surface area contributed by atoms with Crippen molar-refractivity contribution in [3.8, 4) is 11.5 Å². The number of anilines is 1. The van der Waals surface area contributed by atoms with Crippen LogP contribution in [0.1, 0.15) is 5.56 Å². The van der Waals surface area contributed by atoms with E-state index in [1.54, 1.807) is 0 Å². The van der Waals surface area contributed by atoms with Gasteiger partial charge in [0.05, 0.1) is 5.52 Å². The zero-order valence-electron chi connectivity index (χ0n) is 12.0. The van der Waals surface area contributed by atoms with Crippen LogP contribution >= 0.6 is 34.2 Å². The summed E-state index contributed by atoms with van der Waals surface area (Å²) >= 11 is 8.43. The maximum absolute atomic E-state index is 6.13. The van der Waals surface area contributed by atoms with Crippen molar-refractivity contribution in [1.29, 1.82) is 0 Å². The lowest BCUT2D eigenvalue weighted by Crippen LogP contribution is -2.01. The first kappa shape index (κ1) is 14.8. The lowest BCUT2D eigenvalue weighted by molar-refractivity contribution is 0.174. The van der Waals surface area contributed by atoms with Gasteiger partial charge in [-0.1, -0.05) is 17.7 Å². The van der Waals surface area contributed by atoms with Gasteiger partial charge in [0, 0.05) is 21.2 Å². The molecule has 0 unspecified atom stereocenters. The Balaban J connectivity index is 1.63. The topological polar surface area (TPSA) is 43.4 Å². The maximum Gasteiger partial charge on any atom is 0.231 e. The van der Waals surface area contributed by atoms with Crippen LogP contribution in [0.2, 0.25) is 5.15 Å². The van der Waals surface area contributed by atoms with Gasteiger partial charge in [-0.3, -0.25) is 0 Å². The number of fused-ring (bicyclic) bond motifs is 2. The molecule has 4 rings (SSSR count). The summed E-state index contributed by atoms with van der Waals surface area (Å²) in [6, 6.07) is 13.9. The highest BCUT2D eigenvalue weighted by atomic mass is 127. The number of aromatic nitrogens is 1. The van der Waals surface area contributed by atoms with Crippen molar-refractivity contribution in [2.45, 2.75) is 6.54 Å². The molecule has 1 aliphatic heterocycles. The lowest BCUT2D eigenvalue weighted by Gasteiger charge is -2.11. The third kappa shape index (κ3) is 3.03. The first-order valence-electron chi connectivity index (χ1n) is 7.07. The first-order valence-corrected chi connectivity index (χ1v) is 8.53. The van der Waals surface area contributed by atoms with Crippen LogP contribution in [0.4, 0.5) is 5.69 Å². The molecule has 116 valence electrons. The molecule has 6 heteroatoms. The number of nitrogens with one attached hydrogen (secondary N) is 1. The van der Waals surface area contributed by atoms with Gasteiger partial charge in [0.1, 0.15) is 5.15 Å². The third-order valence-electron chi connectivity index (χ3n) is 3.66. The van der Waals surface area contributed by atoms with E-state index in [0.717, 1.165) is 37.2 Å². The van der Waals surface area contributed by atoms with Gasteiger partial charge in [0.2, 0.25) is 6.79 Å². The van der Waals surface area contributed by atoms with E-state index in [9.17, 15) is 0 Å². The third-order valence-corrected chi connectivity index (χ3v) is 4.52. The number of benzene rings is 2. The van der Waals surface area contributed by atoms with E-state index in [-0.39, 0.29) is 6.79 Å². The molecule has 0 fully saturated rings. The van der Waals surface area contributed by atoms with Gasteiger partial charge in [-0.25, -0.2) is 4.98 Å². The van der Waals surface area contributed by atoms with Gasteiger partial charge in [-0.05, 0) is 64.6 Å². The minimum atomic E-state index is 0.287. The summed E-state index contributed by atoms with van der Waals surface area (Å²) in [5.41, 5.74) is 2.96. The van der Waals surface area contributed by atoms with Gasteiger partial charge >= 0.3 is 0 Å². The highest BCUT2D eigenvalue weighted by molar-refractivity contribution is 14.1. The van der Waals surface area contributed by atoms with E-state index in [1.807, 2.05) is 36.4 Å². The van der Waals surface area contributed by atoms with Crippen LogP contribution in [0.3, 0.4) is 0 Å². The second kappa shape index (κ2) is 6.05. The Morgan fingerprint density at radius 1 is 1.09 bits per heavy atom.